The highest BCUT2D eigenvalue weighted by molar-refractivity contribution is 6.83. The first-order valence-corrected chi connectivity index (χ1v) is 42.1. The zero-order valence-corrected chi connectivity index (χ0v) is 61.8. The van der Waals surface area contributed by atoms with Gasteiger partial charge in [0.25, 0.3) is 0 Å². The van der Waals surface area contributed by atoms with Crippen LogP contribution >= 0.6 is 0 Å². The third-order valence-electron chi connectivity index (χ3n) is 19.8. The molecule has 2 aromatic heterocycles. The van der Waals surface area contributed by atoms with Crippen LogP contribution in [0.4, 0.5) is 0 Å². The van der Waals surface area contributed by atoms with Gasteiger partial charge in [-0.1, -0.05) is 144 Å². The third-order valence-corrected chi connectivity index (χ3v) is 31.4. The van der Waals surface area contributed by atoms with Gasteiger partial charge in [0.2, 0.25) is 14.2 Å². The molecule has 90 heavy (non-hydrogen) atoms. The molecule has 0 aromatic carbocycles. The number of esters is 1. The first-order valence-electron chi connectivity index (χ1n) is 33.5. The summed E-state index contributed by atoms with van der Waals surface area (Å²) in [5.41, 5.74) is 8.92. The topological polar surface area (TPSA) is 161 Å². The number of rotatable bonds is 19. The second-order valence-corrected chi connectivity index (χ2v) is 45.0. The maximum atomic E-state index is 13.9. The third kappa shape index (κ3) is 19.4. The van der Waals surface area contributed by atoms with E-state index in [1.54, 1.807) is 39.9 Å². The van der Waals surface area contributed by atoms with Crippen molar-refractivity contribution in [3.63, 3.8) is 0 Å². The fraction of sp³-hybridized carbons (Fsp3) is 0.708. The zero-order valence-electron chi connectivity index (χ0n) is 58.8. The van der Waals surface area contributed by atoms with E-state index in [0.29, 0.717) is 79.0 Å². The molecule has 8 bridgehead atoms. The number of oxazole rings is 2. The Balaban J connectivity index is 1.14. The average Bonchev–Trinajstić information content (AvgIpc) is 0.946. The van der Waals surface area contributed by atoms with E-state index in [1.807, 2.05) is 31.2 Å². The van der Waals surface area contributed by atoms with E-state index >= 15 is 0 Å². The molecule has 0 N–H and O–H groups in total. The van der Waals surface area contributed by atoms with Crippen molar-refractivity contribution in [2.75, 3.05) is 21.3 Å². The maximum Gasteiger partial charge on any atom is 0.330 e. The van der Waals surface area contributed by atoms with Crippen LogP contribution in [0.3, 0.4) is 0 Å². The minimum atomic E-state index is -2.46. The van der Waals surface area contributed by atoms with E-state index in [2.05, 4.69) is 152 Å². The van der Waals surface area contributed by atoms with Gasteiger partial charge in [-0.2, -0.15) is 0 Å². The number of nitrogens with zero attached hydrogens (tertiary/aromatic N) is 2. The molecule has 15 nitrogen and oxygen atoms in total. The smallest absolute Gasteiger partial charge is 0.330 e. The van der Waals surface area contributed by atoms with Gasteiger partial charge in [-0.15, -0.1) is 11.5 Å². The Bertz CT molecular complexity index is 2880. The normalized spacial score (nSPS) is 31.2. The van der Waals surface area contributed by atoms with E-state index in [4.69, 9.17) is 65.5 Å². The zero-order chi connectivity index (χ0) is 66.1. The molecule has 15 atom stereocenters. The van der Waals surface area contributed by atoms with Gasteiger partial charge in [0.15, 0.2) is 20.0 Å². The number of ether oxygens (including phenoxy) is 8. The molecule has 0 amide bonds. The van der Waals surface area contributed by atoms with Crippen LogP contribution in [0.2, 0.25) is 54.4 Å². The van der Waals surface area contributed by atoms with E-state index in [1.165, 1.54) is 0 Å². The number of carbonyl (C=O) groups excluding carboxylic acids is 1. The van der Waals surface area contributed by atoms with Gasteiger partial charge in [0.05, 0.1) is 67.5 Å². The van der Waals surface area contributed by atoms with E-state index < -0.39 is 60.9 Å². The summed E-state index contributed by atoms with van der Waals surface area (Å²) in [6, 6.07) is 0. The fourth-order valence-corrected chi connectivity index (χ4v) is 21.7. The van der Waals surface area contributed by atoms with Crippen LogP contribution < -0.4 is 0 Å². The molecule has 18 heteroatoms. The Morgan fingerprint density at radius 1 is 0.833 bits per heavy atom. The number of hydrogen-bond donors (Lipinski definition) is 0. The molecule has 0 radical (unpaired) electrons. The summed E-state index contributed by atoms with van der Waals surface area (Å²) in [5, 5.41) is 0.0525. The molecule has 4 fully saturated rings. The Labute approximate surface area is 544 Å². The molecule has 5 aliphatic heterocycles. The van der Waals surface area contributed by atoms with Crippen LogP contribution in [0, 0.1) is 23.3 Å². The summed E-state index contributed by atoms with van der Waals surface area (Å²) in [4.78, 5) is 24.0. The number of fused-ring (bicyclic) bond motifs is 9. The summed E-state index contributed by atoms with van der Waals surface area (Å²) in [5.74, 6) is 2.37. The molecule has 2 aromatic rings. The Hall–Kier alpha value is -3.82. The molecule has 0 aliphatic carbocycles. The second kappa shape index (κ2) is 31.6. The highest BCUT2D eigenvalue weighted by atomic mass is 28.4. The van der Waals surface area contributed by atoms with Crippen molar-refractivity contribution in [1.29, 1.82) is 0 Å². The van der Waals surface area contributed by atoms with Crippen LogP contribution in [0.5, 0.6) is 0 Å². The van der Waals surface area contributed by atoms with Gasteiger partial charge >= 0.3 is 5.97 Å². The summed E-state index contributed by atoms with van der Waals surface area (Å²) in [6.45, 7) is 44.8. The molecule has 5 aliphatic rings. The van der Waals surface area contributed by atoms with Gasteiger partial charge in [-0.25, -0.2) is 14.8 Å². The molecular weight excluding hydrogens is 1190 g/mol. The molecular formula is C72H114N2O13Si3. The number of hydrogen-bond acceptors (Lipinski definition) is 15. The summed E-state index contributed by atoms with van der Waals surface area (Å²) >= 11 is 0. The minimum Gasteiger partial charge on any atom is -0.458 e. The van der Waals surface area contributed by atoms with Crippen molar-refractivity contribution in [3.05, 3.63) is 95.4 Å². The first-order chi connectivity index (χ1) is 42.3. The molecule has 7 rings (SSSR count). The van der Waals surface area contributed by atoms with Crippen LogP contribution in [0.1, 0.15) is 183 Å². The first kappa shape index (κ1) is 73.6. The summed E-state index contributed by atoms with van der Waals surface area (Å²) in [7, 11) is -0.923. The average molecular weight is 1300 g/mol. The lowest BCUT2D eigenvalue weighted by molar-refractivity contribution is -0.297. The molecule has 0 unspecified atom stereocenters. The second-order valence-electron chi connectivity index (χ2n) is 30.1. The Morgan fingerprint density at radius 3 is 2.19 bits per heavy atom. The van der Waals surface area contributed by atoms with Crippen molar-refractivity contribution < 1.29 is 60.4 Å². The molecule has 0 spiro atoms. The predicted octanol–water partition coefficient (Wildman–Crippen LogP) is 16.6. The van der Waals surface area contributed by atoms with Crippen LogP contribution in [0.15, 0.2) is 81.1 Å². The monoisotopic (exact) mass is 1300 g/mol. The van der Waals surface area contributed by atoms with Gasteiger partial charge < -0.3 is 55.6 Å². The van der Waals surface area contributed by atoms with Gasteiger partial charge in [0, 0.05) is 71.3 Å². The van der Waals surface area contributed by atoms with Gasteiger partial charge in [-0.05, 0) is 98.4 Å². The summed E-state index contributed by atoms with van der Waals surface area (Å²) in [6.07, 6.45) is 22.7. The van der Waals surface area contributed by atoms with Crippen LogP contribution in [-0.4, -0.2) is 135 Å². The van der Waals surface area contributed by atoms with Crippen LogP contribution in [0.25, 0.3) is 12.2 Å². The maximum absolute atomic E-state index is 13.9. The molecule has 7 heterocycles. The predicted molar refractivity (Wildman–Crippen MR) is 365 cm³/mol. The fourth-order valence-electron chi connectivity index (χ4n) is 14.2. The number of aromatic nitrogens is 2. The number of carbonyl (C=O) groups is 1. The highest BCUT2D eigenvalue weighted by Gasteiger charge is 2.52. The van der Waals surface area contributed by atoms with E-state index in [9.17, 15) is 4.79 Å². The Morgan fingerprint density at radius 2 is 1.53 bits per heavy atom. The van der Waals surface area contributed by atoms with Crippen molar-refractivity contribution >= 4 is 42.8 Å². The van der Waals surface area contributed by atoms with Gasteiger partial charge in [0.1, 0.15) is 44.2 Å². The molecule has 4 saturated heterocycles. The lowest BCUT2D eigenvalue weighted by Crippen LogP contribution is -2.57. The van der Waals surface area contributed by atoms with Crippen molar-refractivity contribution in [2.45, 2.75) is 294 Å². The number of methoxy groups -OCH3 is 3. The van der Waals surface area contributed by atoms with Crippen molar-refractivity contribution in [1.82, 2.24) is 9.97 Å². The highest BCUT2D eigenvalue weighted by Crippen LogP contribution is 2.47. The van der Waals surface area contributed by atoms with Gasteiger partial charge in [-0.3, -0.25) is 0 Å². The quantitative estimate of drug-likeness (QED) is 0.0429. The van der Waals surface area contributed by atoms with Crippen molar-refractivity contribution in [2.24, 2.45) is 11.8 Å². The largest absolute Gasteiger partial charge is 0.458 e. The minimum absolute atomic E-state index is 0.00393. The number of allylic oxidation sites excluding steroid dienone is 2. The standard InChI is InChI=1S/C72H114N2O13Si3/c1-46(2)90(47(3)4,48(5)6)87-65(36-49(7)31-32-55(76-15)27-25-33-88(18,19)20)64-41-60(77-16)42-72(78-17,85-64)43-67-73-54(44-79-67)37-51(9)69-53(11)70-52(10)62(83-69)28-24-29-66-74-61(45-80-66)63-40-59(86-89(21,22)71(12,13)14)39-58(82-63)38-57-35-50(8)34-56(81-57)26-23-30-68(75)84-70/h23-24,29-32,36-37,44-48,52-53,55-60,62-65,69-70H,8,26-28,34-35,38-43H2,1-7,9-22H3/b29-24+,30-23+,32-31+,49-36+,51-37+/t52-,53-,55+,56-,57+,58+,59+,60+,62+,63+,64+,65+,69-,70-,72-/m0/s1. The van der Waals surface area contributed by atoms with Crippen molar-refractivity contribution in [3.8, 4) is 11.5 Å². The van der Waals surface area contributed by atoms with E-state index in [0.717, 1.165) is 41.7 Å². The SMILES string of the molecule is C=C1C[C@@H]2C[C@@H]3C[C@@H](O[Si](C)(C)C(C)(C)C)C[C@@H](O3)c3coc(n3)/C=C/C[C@H]3O[C@@H](/C(C)=C/c4coc(C[C@]5(OC)C[C@H](OC)C[C@H]([C@@H](/C=C(C)/C=C/[C@@H](CC#C[Si](C)(C)C)OC)O[Si](C(C)C)(C(C)C)C(C)C)O5)n4)[C@H](C)[C@@H](OC(=O)/C=C/C[C@@H](C1)O2)[C@H]3C. The summed E-state index contributed by atoms with van der Waals surface area (Å²) < 4.78 is 80.2. The lowest BCUT2D eigenvalue weighted by Gasteiger charge is -2.49. The molecule has 502 valence electrons. The lowest BCUT2D eigenvalue weighted by atomic mass is 9.79. The molecule has 0 saturated carbocycles. The Kier molecular flexibility index (Phi) is 25.8. The van der Waals surface area contributed by atoms with E-state index in [-0.39, 0.29) is 72.1 Å². The van der Waals surface area contributed by atoms with Crippen LogP contribution in [-0.2, 0) is 58.0 Å².